The van der Waals surface area contributed by atoms with E-state index in [9.17, 15) is 14.7 Å². The molecule has 1 atom stereocenters. The van der Waals surface area contributed by atoms with Crippen molar-refractivity contribution in [3.8, 4) is 5.75 Å². The van der Waals surface area contributed by atoms with Crippen molar-refractivity contribution >= 4 is 27.7 Å². The van der Waals surface area contributed by atoms with Crippen LogP contribution in [0.4, 0.5) is 0 Å². The zero-order valence-electron chi connectivity index (χ0n) is 13.6. The SMILES string of the molecule is O=C(O)[C@@H](Oc1ccc2c(c1)oc(=O)c1ccccc12)c1ccccc1. The van der Waals surface area contributed by atoms with Crippen LogP contribution in [0.3, 0.4) is 0 Å². The van der Waals surface area contributed by atoms with Crippen molar-refractivity contribution < 1.29 is 19.1 Å². The highest BCUT2D eigenvalue weighted by Crippen LogP contribution is 2.29. The molecular formula is C21H14O5. The van der Waals surface area contributed by atoms with Crippen molar-refractivity contribution in [3.05, 3.63) is 88.8 Å². The highest BCUT2D eigenvalue weighted by molar-refractivity contribution is 6.04. The summed E-state index contributed by atoms with van der Waals surface area (Å²) in [4.78, 5) is 23.8. The number of carbonyl (C=O) groups is 1. The molecule has 4 aromatic rings. The van der Waals surface area contributed by atoms with Crippen molar-refractivity contribution in [3.63, 3.8) is 0 Å². The molecule has 26 heavy (non-hydrogen) atoms. The first-order valence-electron chi connectivity index (χ1n) is 8.03. The fourth-order valence-corrected chi connectivity index (χ4v) is 2.96. The van der Waals surface area contributed by atoms with E-state index in [-0.39, 0.29) is 0 Å². The van der Waals surface area contributed by atoms with Crippen LogP contribution in [-0.4, -0.2) is 11.1 Å². The quantitative estimate of drug-likeness (QED) is 0.444. The fourth-order valence-electron chi connectivity index (χ4n) is 2.96. The third-order valence-corrected chi connectivity index (χ3v) is 4.17. The van der Waals surface area contributed by atoms with Crippen LogP contribution in [0.5, 0.6) is 5.75 Å². The summed E-state index contributed by atoms with van der Waals surface area (Å²) in [7, 11) is 0. The predicted molar refractivity (Wildman–Crippen MR) is 97.4 cm³/mol. The Balaban J connectivity index is 1.79. The number of carboxylic acids is 1. The van der Waals surface area contributed by atoms with E-state index < -0.39 is 17.7 Å². The Morgan fingerprint density at radius 3 is 2.31 bits per heavy atom. The van der Waals surface area contributed by atoms with Crippen molar-refractivity contribution in [1.82, 2.24) is 0 Å². The topological polar surface area (TPSA) is 76.7 Å². The van der Waals surface area contributed by atoms with Gasteiger partial charge in [0, 0.05) is 17.0 Å². The maximum Gasteiger partial charge on any atom is 0.349 e. The van der Waals surface area contributed by atoms with E-state index in [0.29, 0.717) is 22.3 Å². The van der Waals surface area contributed by atoms with Gasteiger partial charge in [0.15, 0.2) is 0 Å². The molecule has 128 valence electrons. The molecule has 0 aliphatic heterocycles. The van der Waals surface area contributed by atoms with Crippen molar-refractivity contribution in [2.75, 3.05) is 0 Å². The number of hydrogen-bond acceptors (Lipinski definition) is 4. The molecule has 0 fully saturated rings. The maximum atomic E-state index is 12.2. The molecule has 5 heteroatoms. The third kappa shape index (κ3) is 2.80. The first kappa shape index (κ1) is 15.9. The van der Waals surface area contributed by atoms with Gasteiger partial charge in [-0.3, -0.25) is 0 Å². The molecule has 1 heterocycles. The molecule has 0 saturated carbocycles. The number of benzene rings is 3. The number of fused-ring (bicyclic) bond motifs is 3. The Labute approximate surface area is 148 Å². The minimum atomic E-state index is -1.15. The van der Waals surface area contributed by atoms with Crippen LogP contribution >= 0.6 is 0 Å². The largest absolute Gasteiger partial charge is 0.478 e. The van der Waals surface area contributed by atoms with Gasteiger partial charge in [-0.1, -0.05) is 48.5 Å². The molecule has 0 bridgehead atoms. The molecule has 1 N–H and O–H groups in total. The number of aliphatic carboxylic acids is 1. The highest BCUT2D eigenvalue weighted by atomic mass is 16.5. The van der Waals surface area contributed by atoms with E-state index in [1.165, 1.54) is 0 Å². The second kappa shape index (κ2) is 6.37. The maximum absolute atomic E-state index is 12.2. The van der Waals surface area contributed by atoms with Gasteiger partial charge in [0.25, 0.3) is 0 Å². The van der Waals surface area contributed by atoms with Gasteiger partial charge in [-0.2, -0.15) is 0 Å². The molecule has 0 saturated heterocycles. The van der Waals surface area contributed by atoms with Crippen LogP contribution in [0.1, 0.15) is 11.7 Å². The summed E-state index contributed by atoms with van der Waals surface area (Å²) < 4.78 is 11.0. The van der Waals surface area contributed by atoms with Crippen LogP contribution in [0, 0.1) is 0 Å². The molecular weight excluding hydrogens is 332 g/mol. The van der Waals surface area contributed by atoms with Crippen LogP contribution in [0.25, 0.3) is 21.7 Å². The lowest BCUT2D eigenvalue weighted by Crippen LogP contribution is -2.18. The summed E-state index contributed by atoms with van der Waals surface area (Å²) >= 11 is 0. The summed E-state index contributed by atoms with van der Waals surface area (Å²) in [6.07, 6.45) is -1.15. The average molecular weight is 346 g/mol. The summed E-state index contributed by atoms with van der Waals surface area (Å²) in [5.41, 5.74) is 0.437. The van der Waals surface area contributed by atoms with Crippen molar-refractivity contribution in [2.24, 2.45) is 0 Å². The predicted octanol–water partition coefficient (Wildman–Crippen LogP) is 4.15. The van der Waals surface area contributed by atoms with Gasteiger partial charge < -0.3 is 14.3 Å². The normalized spacial score (nSPS) is 12.2. The average Bonchev–Trinajstić information content (AvgIpc) is 2.66. The molecule has 4 rings (SSSR count). The van der Waals surface area contributed by atoms with Gasteiger partial charge in [-0.25, -0.2) is 9.59 Å². The van der Waals surface area contributed by atoms with Gasteiger partial charge in [-0.15, -0.1) is 0 Å². The molecule has 0 aliphatic carbocycles. The zero-order chi connectivity index (χ0) is 18.1. The summed E-state index contributed by atoms with van der Waals surface area (Å²) in [5, 5.41) is 11.5. The Hall–Kier alpha value is -3.60. The zero-order valence-corrected chi connectivity index (χ0v) is 13.6. The summed E-state index contributed by atoms with van der Waals surface area (Å²) in [6.45, 7) is 0. The van der Waals surface area contributed by atoms with E-state index >= 15 is 0 Å². The lowest BCUT2D eigenvalue weighted by Gasteiger charge is -2.15. The minimum Gasteiger partial charge on any atom is -0.478 e. The van der Waals surface area contributed by atoms with E-state index in [2.05, 4.69) is 0 Å². The summed E-state index contributed by atoms with van der Waals surface area (Å²) in [5.74, 6) is -0.788. The molecule has 1 aromatic heterocycles. The molecule has 0 unspecified atom stereocenters. The Bertz CT molecular complexity index is 1160. The first-order valence-corrected chi connectivity index (χ1v) is 8.03. The van der Waals surface area contributed by atoms with E-state index in [0.717, 1.165) is 10.8 Å². The number of rotatable bonds is 4. The van der Waals surface area contributed by atoms with Gasteiger partial charge in [-0.05, 0) is 23.6 Å². The second-order valence-corrected chi connectivity index (χ2v) is 5.84. The molecule has 0 amide bonds. The lowest BCUT2D eigenvalue weighted by atomic mass is 10.1. The molecule has 0 spiro atoms. The monoisotopic (exact) mass is 346 g/mol. The van der Waals surface area contributed by atoms with E-state index in [1.54, 1.807) is 60.7 Å². The van der Waals surface area contributed by atoms with Gasteiger partial charge in [0.05, 0.1) is 5.39 Å². The van der Waals surface area contributed by atoms with Gasteiger partial charge in [0.2, 0.25) is 6.10 Å². The van der Waals surface area contributed by atoms with Crippen LogP contribution in [0.15, 0.2) is 82.0 Å². The van der Waals surface area contributed by atoms with Gasteiger partial charge >= 0.3 is 11.6 Å². The number of carboxylic acid groups (broad SMARTS) is 1. The Kier molecular flexibility index (Phi) is 3.89. The molecule has 0 aliphatic rings. The minimum absolute atomic E-state index is 0.312. The van der Waals surface area contributed by atoms with E-state index in [4.69, 9.17) is 9.15 Å². The van der Waals surface area contributed by atoms with Crippen molar-refractivity contribution in [2.45, 2.75) is 6.10 Å². The van der Waals surface area contributed by atoms with Crippen LogP contribution in [0.2, 0.25) is 0 Å². The first-order chi connectivity index (χ1) is 12.6. The smallest absolute Gasteiger partial charge is 0.349 e. The second-order valence-electron chi connectivity index (χ2n) is 5.84. The molecule has 3 aromatic carbocycles. The number of hydrogen-bond donors (Lipinski definition) is 1. The fraction of sp³-hybridized carbons (Fsp3) is 0.0476. The standard InChI is InChI=1S/C21H14O5/c22-20(23)19(13-6-2-1-3-7-13)25-14-10-11-16-15-8-4-5-9-17(15)21(24)26-18(16)12-14/h1-12,19H,(H,22,23)/t19-/m0/s1. The highest BCUT2D eigenvalue weighted by Gasteiger charge is 2.22. The lowest BCUT2D eigenvalue weighted by molar-refractivity contribution is -0.145. The van der Waals surface area contributed by atoms with Gasteiger partial charge in [0.1, 0.15) is 11.3 Å². The van der Waals surface area contributed by atoms with Crippen LogP contribution in [-0.2, 0) is 4.79 Å². The summed E-state index contributed by atoms with van der Waals surface area (Å²) in [6, 6.07) is 20.8. The van der Waals surface area contributed by atoms with Crippen LogP contribution < -0.4 is 10.4 Å². The van der Waals surface area contributed by atoms with E-state index in [1.807, 2.05) is 12.1 Å². The molecule has 5 nitrogen and oxygen atoms in total. The Morgan fingerprint density at radius 1 is 0.885 bits per heavy atom. The van der Waals surface area contributed by atoms with Crippen molar-refractivity contribution in [1.29, 1.82) is 0 Å². The third-order valence-electron chi connectivity index (χ3n) is 4.17. The Morgan fingerprint density at radius 2 is 1.58 bits per heavy atom. The molecule has 0 radical (unpaired) electrons. The number of ether oxygens (including phenoxy) is 1.